The highest BCUT2D eigenvalue weighted by molar-refractivity contribution is 6.46. The molecular weight excluding hydrogens is 379 g/mol. The van der Waals surface area contributed by atoms with E-state index in [1.165, 1.54) is 29.2 Å². The van der Waals surface area contributed by atoms with Gasteiger partial charge in [-0.15, -0.1) is 0 Å². The second kappa shape index (κ2) is 7.59. The van der Waals surface area contributed by atoms with Crippen LogP contribution in [-0.4, -0.2) is 11.8 Å². The Balaban J connectivity index is 1.84. The Morgan fingerprint density at radius 2 is 1.40 bits per heavy atom. The molecule has 1 heterocycles. The van der Waals surface area contributed by atoms with Crippen LogP contribution in [0.3, 0.4) is 0 Å². The number of imide groups is 1. The molecule has 0 aliphatic carbocycles. The fourth-order valence-electron chi connectivity index (χ4n) is 3.49. The predicted molar refractivity (Wildman–Crippen MR) is 117 cm³/mol. The van der Waals surface area contributed by atoms with Crippen molar-refractivity contribution in [3.05, 3.63) is 100 Å². The van der Waals surface area contributed by atoms with Gasteiger partial charge in [0.25, 0.3) is 11.8 Å². The smallest absolute Gasteiger partial charge is 0.282 e. The summed E-state index contributed by atoms with van der Waals surface area (Å²) in [6.07, 6.45) is 0. The Labute approximate surface area is 174 Å². The minimum atomic E-state index is -0.436. The van der Waals surface area contributed by atoms with Crippen LogP contribution in [0.2, 0.25) is 0 Å². The van der Waals surface area contributed by atoms with Crippen LogP contribution in [0.4, 0.5) is 15.8 Å². The van der Waals surface area contributed by atoms with Crippen molar-refractivity contribution < 1.29 is 14.0 Å². The maximum Gasteiger partial charge on any atom is 0.282 e. The molecule has 3 aromatic carbocycles. The molecule has 5 heteroatoms. The van der Waals surface area contributed by atoms with Gasteiger partial charge in [0.15, 0.2) is 0 Å². The number of nitrogens with one attached hydrogen (secondary N) is 1. The summed E-state index contributed by atoms with van der Waals surface area (Å²) in [5, 5.41) is 3.05. The van der Waals surface area contributed by atoms with Gasteiger partial charge in [-0.25, -0.2) is 9.29 Å². The monoisotopic (exact) mass is 400 g/mol. The Morgan fingerprint density at radius 3 is 2.07 bits per heavy atom. The number of rotatable bonds is 4. The van der Waals surface area contributed by atoms with Crippen LogP contribution in [-0.2, 0) is 9.59 Å². The molecule has 4 rings (SSSR count). The number of amides is 2. The summed E-state index contributed by atoms with van der Waals surface area (Å²) in [6.45, 7) is 5.74. The van der Waals surface area contributed by atoms with Crippen molar-refractivity contribution in [3.8, 4) is 0 Å². The van der Waals surface area contributed by atoms with Crippen molar-refractivity contribution in [2.45, 2.75) is 20.8 Å². The lowest BCUT2D eigenvalue weighted by Gasteiger charge is -2.18. The first kappa shape index (κ1) is 19.6. The van der Waals surface area contributed by atoms with Crippen LogP contribution in [0.1, 0.15) is 22.3 Å². The zero-order valence-corrected chi connectivity index (χ0v) is 17.0. The highest BCUT2D eigenvalue weighted by Crippen LogP contribution is 2.35. The number of benzene rings is 3. The lowest BCUT2D eigenvalue weighted by molar-refractivity contribution is -0.120. The maximum absolute atomic E-state index is 13.5. The van der Waals surface area contributed by atoms with Gasteiger partial charge in [0.1, 0.15) is 11.5 Å². The number of halogens is 1. The van der Waals surface area contributed by atoms with Gasteiger partial charge in [0.05, 0.1) is 11.3 Å². The summed E-state index contributed by atoms with van der Waals surface area (Å²) in [7, 11) is 0. The van der Waals surface area contributed by atoms with E-state index in [-0.39, 0.29) is 17.4 Å². The highest BCUT2D eigenvalue weighted by atomic mass is 19.1. The van der Waals surface area contributed by atoms with Gasteiger partial charge < -0.3 is 5.32 Å². The number of hydrogen-bond donors (Lipinski definition) is 1. The van der Waals surface area contributed by atoms with Gasteiger partial charge in [0.2, 0.25) is 0 Å². The molecule has 0 unspecified atom stereocenters. The van der Waals surface area contributed by atoms with Crippen molar-refractivity contribution in [1.29, 1.82) is 0 Å². The zero-order chi connectivity index (χ0) is 21.4. The third kappa shape index (κ3) is 3.50. The fraction of sp³-hybridized carbons (Fsp3) is 0.120. The van der Waals surface area contributed by atoms with Gasteiger partial charge in [-0.1, -0.05) is 42.0 Å². The quantitative estimate of drug-likeness (QED) is 0.617. The standard InChI is InChI=1S/C25H21FN2O2/c1-15-5-8-18(9-6-15)22-23(27-20-12-10-19(26)11-13-20)25(30)28(24(22)29)21-14-16(2)4-7-17(21)3/h4-14,27H,1-3H3. The molecule has 30 heavy (non-hydrogen) atoms. The molecule has 4 nitrogen and oxygen atoms in total. The fourth-order valence-corrected chi connectivity index (χ4v) is 3.49. The third-order valence-electron chi connectivity index (χ3n) is 5.14. The van der Waals surface area contributed by atoms with Crippen LogP contribution in [0.5, 0.6) is 0 Å². The maximum atomic E-state index is 13.5. The minimum Gasteiger partial charge on any atom is -0.350 e. The van der Waals surface area contributed by atoms with Crippen molar-refractivity contribution in [3.63, 3.8) is 0 Å². The first-order chi connectivity index (χ1) is 14.3. The van der Waals surface area contributed by atoms with E-state index < -0.39 is 5.91 Å². The Bertz CT molecular complexity index is 1180. The average molecular weight is 400 g/mol. The molecule has 2 amide bonds. The molecule has 0 saturated carbocycles. The van der Waals surface area contributed by atoms with Crippen LogP contribution in [0, 0.1) is 26.6 Å². The van der Waals surface area contributed by atoms with Gasteiger partial charge in [0, 0.05) is 5.69 Å². The molecule has 0 aromatic heterocycles. The SMILES string of the molecule is Cc1ccc(C2=C(Nc3ccc(F)cc3)C(=O)N(c3cc(C)ccc3C)C2=O)cc1. The van der Waals surface area contributed by atoms with E-state index >= 15 is 0 Å². The van der Waals surface area contributed by atoms with E-state index in [9.17, 15) is 14.0 Å². The number of hydrogen-bond acceptors (Lipinski definition) is 3. The molecule has 1 N–H and O–H groups in total. The van der Waals surface area contributed by atoms with Gasteiger partial charge in [-0.05, 0) is 67.8 Å². The van der Waals surface area contributed by atoms with Crippen molar-refractivity contribution in [2.24, 2.45) is 0 Å². The molecule has 150 valence electrons. The molecule has 0 atom stereocenters. The van der Waals surface area contributed by atoms with Gasteiger partial charge in [-0.2, -0.15) is 0 Å². The second-order valence-electron chi connectivity index (χ2n) is 7.48. The van der Waals surface area contributed by atoms with Gasteiger partial charge >= 0.3 is 0 Å². The first-order valence-electron chi connectivity index (χ1n) is 9.65. The molecule has 1 aliphatic rings. The number of carbonyl (C=O) groups is 2. The normalized spacial score (nSPS) is 13.9. The van der Waals surface area contributed by atoms with Crippen LogP contribution < -0.4 is 10.2 Å². The lowest BCUT2D eigenvalue weighted by Crippen LogP contribution is -2.33. The van der Waals surface area contributed by atoms with E-state index in [4.69, 9.17) is 0 Å². The summed E-state index contributed by atoms with van der Waals surface area (Å²) in [4.78, 5) is 28.1. The van der Waals surface area contributed by atoms with Crippen LogP contribution in [0.25, 0.3) is 5.57 Å². The van der Waals surface area contributed by atoms with Crippen molar-refractivity contribution in [2.75, 3.05) is 10.2 Å². The van der Waals surface area contributed by atoms with E-state index in [1.54, 1.807) is 0 Å². The molecule has 0 fully saturated rings. The molecule has 0 saturated heterocycles. The summed E-state index contributed by atoms with van der Waals surface area (Å²) in [5.74, 6) is -1.20. The zero-order valence-electron chi connectivity index (χ0n) is 17.0. The third-order valence-corrected chi connectivity index (χ3v) is 5.14. The van der Waals surface area contributed by atoms with Crippen molar-refractivity contribution in [1.82, 2.24) is 0 Å². The lowest BCUT2D eigenvalue weighted by atomic mass is 10.0. The summed E-state index contributed by atoms with van der Waals surface area (Å²) in [5.41, 5.74) is 5.04. The van der Waals surface area contributed by atoms with E-state index in [0.717, 1.165) is 16.7 Å². The molecule has 0 spiro atoms. The van der Waals surface area contributed by atoms with E-state index in [2.05, 4.69) is 5.32 Å². The average Bonchev–Trinajstić information content (AvgIpc) is 2.96. The summed E-state index contributed by atoms with van der Waals surface area (Å²) >= 11 is 0. The number of nitrogens with zero attached hydrogens (tertiary/aromatic N) is 1. The molecule has 0 radical (unpaired) electrons. The summed E-state index contributed by atoms with van der Waals surface area (Å²) in [6, 6.07) is 18.8. The highest BCUT2D eigenvalue weighted by Gasteiger charge is 2.40. The second-order valence-corrected chi connectivity index (χ2v) is 7.48. The predicted octanol–water partition coefficient (Wildman–Crippen LogP) is 5.15. The minimum absolute atomic E-state index is 0.177. The number of anilines is 2. The summed E-state index contributed by atoms with van der Waals surface area (Å²) < 4.78 is 13.3. The molecule has 3 aromatic rings. The molecular formula is C25H21FN2O2. The Hall–Kier alpha value is -3.73. The number of aryl methyl sites for hydroxylation is 3. The topological polar surface area (TPSA) is 49.4 Å². The van der Waals surface area contributed by atoms with Crippen LogP contribution in [0.15, 0.2) is 72.4 Å². The first-order valence-corrected chi connectivity index (χ1v) is 9.65. The van der Waals surface area contributed by atoms with E-state index in [1.807, 2.05) is 63.2 Å². The Morgan fingerprint density at radius 1 is 0.767 bits per heavy atom. The van der Waals surface area contributed by atoms with Crippen molar-refractivity contribution >= 4 is 28.8 Å². The largest absolute Gasteiger partial charge is 0.350 e. The molecule has 1 aliphatic heterocycles. The van der Waals surface area contributed by atoms with E-state index in [0.29, 0.717) is 22.5 Å². The Kier molecular flexibility index (Phi) is 4.96. The molecule has 0 bridgehead atoms. The number of carbonyl (C=O) groups excluding carboxylic acids is 2. The van der Waals surface area contributed by atoms with Crippen LogP contribution >= 0.6 is 0 Å². The van der Waals surface area contributed by atoms with Gasteiger partial charge in [-0.3, -0.25) is 9.59 Å².